The van der Waals surface area contributed by atoms with Gasteiger partial charge in [0.05, 0.1) is 5.69 Å². The molecule has 0 bridgehead atoms. The highest BCUT2D eigenvalue weighted by Gasteiger charge is 2.22. The van der Waals surface area contributed by atoms with Gasteiger partial charge < -0.3 is 4.90 Å². The van der Waals surface area contributed by atoms with Crippen LogP contribution < -0.4 is 4.90 Å². The molecule has 0 aliphatic heterocycles. The Kier molecular flexibility index (Phi) is 7.75. The number of fused-ring (bicyclic) bond motifs is 6. The van der Waals surface area contributed by atoms with Crippen molar-refractivity contribution >= 4 is 80.9 Å². The van der Waals surface area contributed by atoms with E-state index < -0.39 is 0 Å². The van der Waals surface area contributed by atoms with Crippen molar-refractivity contribution in [3.8, 4) is 33.4 Å². The van der Waals surface area contributed by atoms with E-state index in [2.05, 4.69) is 217 Å². The second-order valence-corrected chi connectivity index (χ2v) is 15.5. The largest absolute Gasteiger partial charge is 0.309 e. The summed E-state index contributed by atoms with van der Waals surface area (Å²) < 4.78 is 2.65. The summed E-state index contributed by atoms with van der Waals surface area (Å²) in [6.07, 6.45) is 0. The molecule has 11 rings (SSSR count). The average Bonchev–Trinajstić information content (AvgIpc) is 3.66. The first-order valence-electron chi connectivity index (χ1n) is 19.2. The lowest BCUT2D eigenvalue weighted by molar-refractivity contribution is 1.31. The number of hydrogen-bond acceptors (Lipinski definition) is 2. The van der Waals surface area contributed by atoms with Crippen molar-refractivity contribution in [2.45, 2.75) is 0 Å². The first kappa shape index (κ1) is 32.4. The molecular weight excluding hydrogens is 695 g/mol. The zero-order valence-electron chi connectivity index (χ0n) is 30.6. The second-order valence-electron chi connectivity index (χ2n) is 14.4. The fourth-order valence-electron chi connectivity index (χ4n) is 8.70. The van der Waals surface area contributed by atoms with Gasteiger partial charge in [0.15, 0.2) is 0 Å². The predicted molar refractivity (Wildman–Crippen MR) is 243 cm³/mol. The molecule has 1 aromatic heterocycles. The van der Waals surface area contributed by atoms with Crippen molar-refractivity contribution in [1.29, 1.82) is 0 Å². The van der Waals surface area contributed by atoms with Crippen LogP contribution in [0.2, 0.25) is 0 Å². The summed E-state index contributed by atoms with van der Waals surface area (Å²) in [7, 11) is 0. The van der Waals surface area contributed by atoms with E-state index in [0.29, 0.717) is 0 Å². The van der Waals surface area contributed by atoms with Crippen molar-refractivity contribution in [3.05, 3.63) is 212 Å². The Bertz CT molecular complexity index is 3170. The molecule has 2 heteroatoms. The molecule has 0 atom stereocenters. The molecule has 0 saturated heterocycles. The minimum atomic E-state index is 1.11. The van der Waals surface area contributed by atoms with Gasteiger partial charge in [-0.15, -0.1) is 11.3 Å². The summed E-state index contributed by atoms with van der Waals surface area (Å²) in [5, 5.41) is 10.0. The lowest BCUT2D eigenvalue weighted by Gasteiger charge is -2.30. The standard InChI is InChI=1S/C54H35NS/c1-2-15-39(16-3-1)52-46-20-6-8-22-48(46)53(49-23-9-7-21-47(49)52)55(40-32-28-37(29-33-40)43-24-12-17-36-14-4-5-18-42(36)43)41-34-30-38(31-35-41)44-25-13-26-50-45-19-10-11-27-51(45)56-54(44)50/h1-35H. The molecule has 0 saturated carbocycles. The number of rotatable bonds is 6. The third-order valence-corrected chi connectivity index (χ3v) is 12.5. The Labute approximate surface area is 330 Å². The van der Waals surface area contributed by atoms with Crippen LogP contribution in [0.25, 0.3) is 85.9 Å². The van der Waals surface area contributed by atoms with Gasteiger partial charge in [0.25, 0.3) is 0 Å². The zero-order chi connectivity index (χ0) is 37.0. The molecule has 0 amide bonds. The summed E-state index contributed by atoms with van der Waals surface area (Å²) in [5.74, 6) is 0. The molecule has 0 radical (unpaired) electrons. The van der Waals surface area contributed by atoms with Crippen LogP contribution in [0, 0.1) is 0 Å². The number of thiophene rings is 1. The molecule has 10 aromatic carbocycles. The van der Waals surface area contributed by atoms with Crippen molar-refractivity contribution in [2.75, 3.05) is 4.90 Å². The van der Waals surface area contributed by atoms with E-state index in [9.17, 15) is 0 Å². The molecule has 0 unspecified atom stereocenters. The van der Waals surface area contributed by atoms with Gasteiger partial charge >= 0.3 is 0 Å². The highest BCUT2D eigenvalue weighted by atomic mass is 32.1. The Morgan fingerprint density at radius 2 is 0.786 bits per heavy atom. The van der Waals surface area contributed by atoms with Crippen molar-refractivity contribution in [1.82, 2.24) is 0 Å². The van der Waals surface area contributed by atoms with E-state index in [1.807, 2.05) is 11.3 Å². The molecule has 11 aromatic rings. The summed E-state index contributed by atoms with van der Waals surface area (Å²) in [5.41, 5.74) is 10.8. The topological polar surface area (TPSA) is 3.24 Å². The summed E-state index contributed by atoms with van der Waals surface area (Å²) in [6.45, 7) is 0. The van der Waals surface area contributed by atoms with Gasteiger partial charge in [-0.05, 0) is 85.3 Å². The Hall–Kier alpha value is -7.00. The maximum absolute atomic E-state index is 2.47. The molecule has 56 heavy (non-hydrogen) atoms. The molecule has 0 N–H and O–H groups in total. The van der Waals surface area contributed by atoms with Crippen LogP contribution in [-0.4, -0.2) is 0 Å². The predicted octanol–water partition coefficient (Wildman–Crippen LogP) is 16.0. The Morgan fingerprint density at radius 1 is 0.304 bits per heavy atom. The normalized spacial score (nSPS) is 11.6. The van der Waals surface area contributed by atoms with Crippen LogP contribution in [0.4, 0.5) is 17.1 Å². The van der Waals surface area contributed by atoms with Crippen molar-refractivity contribution < 1.29 is 0 Å². The Balaban J connectivity index is 1.13. The SMILES string of the molecule is c1ccc(-c2c3ccccc3c(N(c3ccc(-c4cccc5ccccc45)cc3)c3ccc(-c4cccc5c4sc4ccccc45)cc3)c3ccccc23)cc1. The van der Waals surface area contributed by atoms with Crippen LogP contribution in [0.3, 0.4) is 0 Å². The van der Waals surface area contributed by atoms with Gasteiger partial charge in [-0.2, -0.15) is 0 Å². The zero-order valence-corrected chi connectivity index (χ0v) is 31.4. The van der Waals surface area contributed by atoms with E-state index >= 15 is 0 Å². The van der Waals surface area contributed by atoms with Gasteiger partial charge in [0.2, 0.25) is 0 Å². The smallest absolute Gasteiger partial charge is 0.0618 e. The summed E-state index contributed by atoms with van der Waals surface area (Å²) in [6, 6.07) is 77.7. The monoisotopic (exact) mass is 729 g/mol. The average molecular weight is 730 g/mol. The molecule has 0 aliphatic carbocycles. The number of nitrogens with zero attached hydrogens (tertiary/aromatic N) is 1. The number of anilines is 3. The van der Waals surface area contributed by atoms with E-state index in [-0.39, 0.29) is 0 Å². The van der Waals surface area contributed by atoms with Gasteiger partial charge in [-0.3, -0.25) is 0 Å². The van der Waals surface area contributed by atoms with Crippen LogP contribution in [0.1, 0.15) is 0 Å². The number of hydrogen-bond donors (Lipinski definition) is 0. The summed E-state index contributed by atoms with van der Waals surface area (Å²) in [4.78, 5) is 2.47. The van der Waals surface area contributed by atoms with Crippen LogP contribution >= 0.6 is 11.3 Å². The van der Waals surface area contributed by atoms with Gasteiger partial charge in [0.1, 0.15) is 0 Å². The fourth-order valence-corrected chi connectivity index (χ4v) is 9.94. The van der Waals surface area contributed by atoms with Crippen LogP contribution in [-0.2, 0) is 0 Å². The maximum atomic E-state index is 2.47. The van der Waals surface area contributed by atoms with Crippen LogP contribution in [0.5, 0.6) is 0 Å². The lowest BCUT2D eigenvalue weighted by Crippen LogP contribution is -2.11. The molecule has 1 heterocycles. The second kappa shape index (κ2) is 13.4. The first-order valence-corrected chi connectivity index (χ1v) is 20.0. The van der Waals surface area contributed by atoms with Crippen molar-refractivity contribution in [3.63, 3.8) is 0 Å². The summed E-state index contributed by atoms with van der Waals surface area (Å²) >= 11 is 1.88. The minimum Gasteiger partial charge on any atom is -0.309 e. The van der Waals surface area contributed by atoms with Gasteiger partial charge in [-0.25, -0.2) is 0 Å². The van der Waals surface area contributed by atoms with E-state index in [1.54, 1.807) is 0 Å². The molecular formula is C54H35NS. The van der Waals surface area contributed by atoms with Gasteiger partial charge in [-0.1, -0.05) is 182 Å². The fraction of sp³-hybridized carbons (Fsp3) is 0. The molecule has 0 fully saturated rings. The number of benzene rings is 10. The molecule has 0 spiro atoms. The molecule has 0 aliphatic rings. The molecule has 262 valence electrons. The van der Waals surface area contributed by atoms with E-state index in [1.165, 1.54) is 91.6 Å². The lowest BCUT2D eigenvalue weighted by atomic mass is 9.90. The highest BCUT2D eigenvalue weighted by molar-refractivity contribution is 7.26. The van der Waals surface area contributed by atoms with E-state index in [0.717, 1.165) is 11.4 Å². The third kappa shape index (κ3) is 5.30. The third-order valence-electron chi connectivity index (χ3n) is 11.3. The van der Waals surface area contributed by atoms with Gasteiger partial charge in [0, 0.05) is 42.3 Å². The Morgan fingerprint density at radius 3 is 1.46 bits per heavy atom. The first-order chi connectivity index (χ1) is 27.8. The minimum absolute atomic E-state index is 1.11. The highest BCUT2D eigenvalue weighted by Crippen LogP contribution is 2.49. The maximum Gasteiger partial charge on any atom is 0.0618 e. The quantitative estimate of drug-likeness (QED) is 0.154. The van der Waals surface area contributed by atoms with Crippen molar-refractivity contribution in [2.24, 2.45) is 0 Å². The van der Waals surface area contributed by atoms with E-state index in [4.69, 9.17) is 0 Å². The van der Waals surface area contributed by atoms with Crippen LogP contribution in [0.15, 0.2) is 212 Å². The molecule has 1 nitrogen and oxygen atoms in total.